The predicted molar refractivity (Wildman–Crippen MR) is 76.7 cm³/mol. The van der Waals surface area contributed by atoms with Crippen LogP contribution in [0.2, 0.25) is 0 Å². The van der Waals surface area contributed by atoms with Gasteiger partial charge in [0.1, 0.15) is 17.0 Å². The van der Waals surface area contributed by atoms with Crippen molar-refractivity contribution in [2.24, 2.45) is 20.7 Å². The number of nitrogens with zero attached hydrogens (tertiary/aromatic N) is 6. The maximum Gasteiger partial charge on any atom is 0.488 e. The third kappa shape index (κ3) is 4.79. The van der Waals surface area contributed by atoms with Gasteiger partial charge in [-0.1, -0.05) is 0 Å². The summed E-state index contributed by atoms with van der Waals surface area (Å²) in [4.78, 5) is 21.6. The lowest BCUT2D eigenvalue weighted by Crippen LogP contribution is -2.22. The monoisotopic (exact) mass is 354 g/mol. The lowest BCUT2D eigenvalue weighted by atomic mass is 10.3. The number of carbonyl (C=O) groups excluding carboxylic acids is 1. The van der Waals surface area contributed by atoms with E-state index in [0.29, 0.717) is 0 Å². The second-order valence-corrected chi connectivity index (χ2v) is 5.20. The number of nitro benzene ring substituents is 1. The fraction of sp³-hybridized carbons (Fsp3) is 0.273. The molecular weight excluding hydrogens is 344 g/mol. The van der Waals surface area contributed by atoms with E-state index in [-0.39, 0.29) is 36.8 Å². The van der Waals surface area contributed by atoms with E-state index in [1.807, 2.05) is 0 Å². The van der Waals surface area contributed by atoms with Crippen LogP contribution in [0.4, 0.5) is 5.69 Å². The molecule has 1 aromatic rings. The predicted octanol–water partition coefficient (Wildman–Crippen LogP) is 1.28. The first-order valence-electron chi connectivity index (χ1n) is 6.48. The Labute approximate surface area is 137 Å². The third-order valence-corrected chi connectivity index (χ3v) is 3.44. The van der Waals surface area contributed by atoms with Crippen molar-refractivity contribution in [2.75, 3.05) is 6.54 Å². The molecule has 13 heteroatoms. The fourth-order valence-electron chi connectivity index (χ4n) is 1.67. The molecule has 0 radical (unpaired) electrons. The summed E-state index contributed by atoms with van der Waals surface area (Å²) in [6.45, 7) is -0.0567. The van der Waals surface area contributed by atoms with E-state index in [0.717, 1.165) is 3.98 Å². The molecule has 0 aromatic heterocycles. The molecule has 0 bridgehead atoms. The zero-order valence-corrected chi connectivity index (χ0v) is 12.8. The standard InChI is InChI=1S/C11H10N6O6S/c18-10(23-9-5-3-8(4-6-9)17(19)20)2-1-7-16(24(21)22)11-12-14-15-13-11/h3-6H,1-2,7H2. The molecule has 0 saturated carbocycles. The summed E-state index contributed by atoms with van der Waals surface area (Å²) in [5.41, 5.74) is -0.125. The lowest BCUT2D eigenvalue weighted by molar-refractivity contribution is -0.384. The number of hydrogen-bond acceptors (Lipinski definition) is 8. The maximum absolute atomic E-state index is 11.7. The van der Waals surface area contributed by atoms with Gasteiger partial charge < -0.3 is 9.29 Å². The highest BCUT2D eigenvalue weighted by molar-refractivity contribution is 7.72. The van der Waals surface area contributed by atoms with Gasteiger partial charge in [-0.2, -0.15) is 3.98 Å². The molecule has 2 rings (SSSR count). The van der Waals surface area contributed by atoms with E-state index in [2.05, 4.69) is 20.7 Å². The highest BCUT2D eigenvalue weighted by atomic mass is 32.2. The Morgan fingerprint density at radius 3 is 2.38 bits per heavy atom. The molecule has 126 valence electrons. The normalized spacial score (nSPS) is 13.8. The van der Waals surface area contributed by atoms with E-state index in [4.69, 9.17) is 4.74 Å². The summed E-state index contributed by atoms with van der Waals surface area (Å²) >= 11 is -2.63. The van der Waals surface area contributed by atoms with Crippen molar-refractivity contribution in [3.63, 3.8) is 0 Å². The Bertz CT molecular complexity index is 745. The molecule has 24 heavy (non-hydrogen) atoms. The smallest absolute Gasteiger partial charge is 0.488 e. The van der Waals surface area contributed by atoms with Crippen LogP contribution in [0.1, 0.15) is 12.8 Å². The van der Waals surface area contributed by atoms with Crippen LogP contribution in [0, 0.1) is 10.1 Å². The van der Waals surface area contributed by atoms with E-state index in [1.54, 1.807) is 0 Å². The van der Waals surface area contributed by atoms with Gasteiger partial charge in [0.2, 0.25) is 0 Å². The molecule has 1 unspecified atom stereocenters. The molecule has 1 heterocycles. The van der Waals surface area contributed by atoms with Crippen LogP contribution in [-0.2, 0) is 16.1 Å². The average molecular weight is 354 g/mol. The summed E-state index contributed by atoms with van der Waals surface area (Å²) in [5.74, 6) is -0.644. The summed E-state index contributed by atoms with van der Waals surface area (Å²) in [7, 11) is 0. The minimum atomic E-state index is -2.63. The summed E-state index contributed by atoms with van der Waals surface area (Å²) in [6, 6.07) is 5.00. The number of carbonyl (C=O) groups is 1. The molecule has 0 N–H and O–H groups in total. The Balaban J connectivity index is 1.86. The van der Waals surface area contributed by atoms with Gasteiger partial charge in [0.15, 0.2) is 0 Å². The largest absolute Gasteiger partial charge is 0.743 e. The van der Waals surface area contributed by atoms with Gasteiger partial charge >= 0.3 is 11.9 Å². The second kappa shape index (κ2) is 8.07. The maximum atomic E-state index is 11.7. The number of esters is 1. The number of hydrogen-bond donors (Lipinski definition) is 0. The number of non-ortho nitro benzene ring substituents is 1. The third-order valence-electron chi connectivity index (χ3n) is 2.73. The number of ether oxygens (including phenoxy) is 1. The topological polar surface area (TPSA) is 162 Å². The van der Waals surface area contributed by atoms with Gasteiger partial charge in [-0.15, -0.1) is 0 Å². The van der Waals surface area contributed by atoms with Gasteiger partial charge in [-0.25, -0.2) is 4.21 Å². The van der Waals surface area contributed by atoms with Crippen LogP contribution in [-0.4, -0.2) is 36.1 Å². The van der Waals surface area contributed by atoms with Crippen LogP contribution in [0.5, 0.6) is 5.75 Å². The molecule has 1 atom stereocenters. The van der Waals surface area contributed by atoms with Crippen molar-refractivity contribution in [3.05, 3.63) is 34.4 Å². The summed E-state index contributed by atoms with van der Waals surface area (Å²) in [6.07, 6.45) is 0.0700. The van der Waals surface area contributed by atoms with Crippen molar-refractivity contribution < 1.29 is 27.2 Å². The van der Waals surface area contributed by atoms with Crippen molar-refractivity contribution in [3.8, 4) is 5.75 Å². The highest BCUT2D eigenvalue weighted by Gasteiger charge is 2.20. The zero-order valence-electron chi connectivity index (χ0n) is 12.0. The first-order valence-corrected chi connectivity index (χ1v) is 7.51. The number of benzene rings is 1. The molecule has 0 saturated heterocycles. The molecular formula is C11H10N6O6S. The van der Waals surface area contributed by atoms with Gasteiger partial charge in [0, 0.05) is 18.6 Å². The number of nitro groups is 1. The average Bonchev–Trinajstić information content (AvgIpc) is 3.05. The fourth-order valence-corrected chi connectivity index (χ4v) is 2.15. The first kappa shape index (κ1) is 17.4. The lowest BCUT2D eigenvalue weighted by Gasteiger charge is -2.08. The van der Waals surface area contributed by atoms with Crippen LogP contribution in [0.15, 0.2) is 44.9 Å². The minimum Gasteiger partial charge on any atom is -0.743 e. The second-order valence-electron chi connectivity index (χ2n) is 4.33. The van der Waals surface area contributed by atoms with Crippen molar-refractivity contribution in [1.29, 1.82) is 0 Å². The van der Waals surface area contributed by atoms with Crippen LogP contribution in [0.25, 0.3) is 0 Å². The molecule has 0 fully saturated rings. The van der Waals surface area contributed by atoms with E-state index >= 15 is 0 Å². The summed E-state index contributed by atoms with van der Waals surface area (Å²) in [5, 5.41) is 23.7. The van der Waals surface area contributed by atoms with Crippen molar-refractivity contribution >= 4 is 28.9 Å². The molecule has 1 aromatic carbocycles. The molecule has 0 spiro atoms. The van der Waals surface area contributed by atoms with Crippen LogP contribution < -0.4 is 4.74 Å². The Morgan fingerprint density at radius 2 is 1.83 bits per heavy atom. The summed E-state index contributed by atoms with van der Waals surface area (Å²) < 4.78 is 27.9. The van der Waals surface area contributed by atoms with Gasteiger partial charge in [0.25, 0.3) is 5.69 Å². The van der Waals surface area contributed by atoms with Crippen LogP contribution >= 0.6 is 0 Å². The Kier molecular flexibility index (Phi) is 5.86. The Hall–Kier alpha value is -2.93. The minimum absolute atomic E-state index is 0.0567. The van der Waals surface area contributed by atoms with Crippen molar-refractivity contribution in [1.82, 2.24) is 0 Å². The highest BCUT2D eigenvalue weighted by Crippen LogP contribution is 2.17. The van der Waals surface area contributed by atoms with Gasteiger partial charge in [-0.3, -0.25) is 14.9 Å². The van der Waals surface area contributed by atoms with E-state index < -0.39 is 22.2 Å². The number of rotatable bonds is 7. The SMILES string of the molecule is O=C(CCC[N+](=C1N=NN=N1)S(=O)[O-])Oc1ccc([N+](=O)[O-])cc1. The molecule has 0 aliphatic carbocycles. The molecule has 1 aliphatic heterocycles. The zero-order chi connectivity index (χ0) is 17.5. The molecule has 1 aliphatic rings. The van der Waals surface area contributed by atoms with Gasteiger partial charge in [0.05, 0.1) is 32.1 Å². The van der Waals surface area contributed by atoms with Crippen LogP contribution in [0.3, 0.4) is 0 Å². The first-order chi connectivity index (χ1) is 11.5. The molecule has 12 nitrogen and oxygen atoms in total. The van der Waals surface area contributed by atoms with Gasteiger partial charge in [-0.05, 0) is 18.6 Å². The number of guanidine groups is 1. The quantitative estimate of drug-likeness (QED) is 0.179. The van der Waals surface area contributed by atoms with E-state index in [9.17, 15) is 23.7 Å². The van der Waals surface area contributed by atoms with E-state index in [1.165, 1.54) is 24.3 Å². The van der Waals surface area contributed by atoms with Crippen molar-refractivity contribution in [2.45, 2.75) is 12.8 Å². The Morgan fingerprint density at radius 1 is 1.21 bits per heavy atom. The molecule has 0 amide bonds.